The van der Waals surface area contributed by atoms with Gasteiger partial charge in [0.05, 0.1) is 6.61 Å². The first kappa shape index (κ1) is 7.92. The lowest BCUT2D eigenvalue weighted by molar-refractivity contribution is 0.188. The van der Waals surface area contributed by atoms with Gasteiger partial charge in [-0.15, -0.1) is 0 Å². The van der Waals surface area contributed by atoms with Crippen LogP contribution in [0.1, 0.15) is 19.8 Å². The molecule has 49 valence electrons. The molecule has 0 unspecified atom stereocenters. The molecule has 0 rings (SSSR count). The van der Waals surface area contributed by atoms with Gasteiger partial charge in [0.15, 0.2) is 0 Å². The minimum Gasteiger partial charge on any atom is -0.317 e. The summed E-state index contributed by atoms with van der Waals surface area (Å²) in [5, 5.41) is 13.0. The predicted molar refractivity (Wildman–Crippen MR) is 33.3 cm³/mol. The topological polar surface area (TPSA) is 31.9 Å². The molecule has 2 nitrogen and oxygen atoms in total. The number of nitrogens with one attached hydrogen (secondary N) is 1. The van der Waals surface area contributed by atoms with E-state index in [2.05, 4.69) is 12.2 Å². The summed E-state index contributed by atoms with van der Waals surface area (Å²) in [7, 11) is 0. The SMILES string of the molecule is CCCNCCC[O]. The van der Waals surface area contributed by atoms with Crippen LogP contribution in [0, 0.1) is 0 Å². The van der Waals surface area contributed by atoms with Gasteiger partial charge < -0.3 is 5.32 Å². The first-order valence-corrected chi connectivity index (χ1v) is 3.20. The predicted octanol–water partition coefficient (Wildman–Crippen LogP) is 0.807. The molecule has 0 heterocycles. The van der Waals surface area contributed by atoms with E-state index >= 15 is 0 Å². The molecule has 1 N–H and O–H groups in total. The molecular weight excluding hydrogens is 102 g/mol. The average molecular weight is 116 g/mol. The van der Waals surface area contributed by atoms with Crippen molar-refractivity contribution in [3.63, 3.8) is 0 Å². The first-order valence-electron chi connectivity index (χ1n) is 3.20. The minimum absolute atomic E-state index is 0.0523. The summed E-state index contributed by atoms with van der Waals surface area (Å²) < 4.78 is 0. The van der Waals surface area contributed by atoms with Crippen LogP contribution in [-0.4, -0.2) is 19.7 Å². The van der Waals surface area contributed by atoms with Crippen molar-refractivity contribution in [3.05, 3.63) is 0 Å². The highest BCUT2D eigenvalue weighted by atomic mass is 16.3. The standard InChI is InChI=1S/C6H14NO/c1-2-4-7-5-3-6-8/h7H,2-6H2,1H3. The van der Waals surface area contributed by atoms with Crippen molar-refractivity contribution < 1.29 is 5.11 Å². The summed E-state index contributed by atoms with van der Waals surface area (Å²) in [6.07, 6.45) is 1.92. The zero-order valence-corrected chi connectivity index (χ0v) is 5.44. The van der Waals surface area contributed by atoms with Gasteiger partial charge in [-0.1, -0.05) is 6.92 Å². The fraction of sp³-hybridized carbons (Fsp3) is 1.00. The molecule has 0 amide bonds. The molecule has 0 aromatic heterocycles. The Hall–Kier alpha value is -0.0800. The zero-order valence-electron chi connectivity index (χ0n) is 5.44. The molecule has 0 aromatic rings. The van der Waals surface area contributed by atoms with E-state index in [0.717, 1.165) is 25.9 Å². The molecule has 8 heavy (non-hydrogen) atoms. The second-order valence-corrected chi connectivity index (χ2v) is 1.81. The maximum absolute atomic E-state index is 9.85. The monoisotopic (exact) mass is 116 g/mol. The van der Waals surface area contributed by atoms with Gasteiger partial charge >= 0.3 is 0 Å². The number of hydrogen-bond donors (Lipinski definition) is 1. The molecule has 0 saturated carbocycles. The molecule has 0 aliphatic carbocycles. The Bertz CT molecular complexity index is 33.5. The summed E-state index contributed by atoms with van der Waals surface area (Å²) in [6.45, 7) is 4.10. The van der Waals surface area contributed by atoms with Gasteiger partial charge in [-0.25, -0.2) is 5.11 Å². The van der Waals surface area contributed by atoms with Gasteiger partial charge in [0.1, 0.15) is 0 Å². The summed E-state index contributed by atoms with van der Waals surface area (Å²) in [4.78, 5) is 0. The Kier molecular flexibility index (Phi) is 6.85. The third kappa shape index (κ3) is 5.92. The minimum atomic E-state index is 0.0523. The van der Waals surface area contributed by atoms with E-state index in [1.165, 1.54) is 0 Å². The third-order valence-electron chi connectivity index (χ3n) is 0.925. The molecule has 0 atom stereocenters. The Labute approximate surface area is 50.9 Å². The summed E-state index contributed by atoms with van der Waals surface area (Å²) in [5.74, 6) is 0. The van der Waals surface area contributed by atoms with Gasteiger partial charge in [-0.3, -0.25) is 0 Å². The van der Waals surface area contributed by atoms with Gasteiger partial charge in [0, 0.05) is 0 Å². The van der Waals surface area contributed by atoms with Crippen LogP contribution in [0.4, 0.5) is 0 Å². The molecule has 0 bridgehead atoms. The second-order valence-electron chi connectivity index (χ2n) is 1.81. The molecule has 0 aliphatic heterocycles. The molecule has 0 spiro atoms. The zero-order chi connectivity index (χ0) is 6.24. The van der Waals surface area contributed by atoms with E-state index in [9.17, 15) is 5.11 Å². The van der Waals surface area contributed by atoms with Crippen molar-refractivity contribution in [1.29, 1.82) is 0 Å². The molecule has 2 heteroatoms. The highest BCUT2D eigenvalue weighted by molar-refractivity contribution is 4.42. The Morgan fingerprint density at radius 3 is 2.62 bits per heavy atom. The molecule has 0 fully saturated rings. The highest BCUT2D eigenvalue weighted by Gasteiger charge is 1.82. The van der Waals surface area contributed by atoms with E-state index in [0.29, 0.717) is 0 Å². The van der Waals surface area contributed by atoms with Gasteiger partial charge in [0.2, 0.25) is 0 Å². The van der Waals surface area contributed by atoms with E-state index in [1.807, 2.05) is 0 Å². The Balaban J connectivity index is 2.53. The van der Waals surface area contributed by atoms with Crippen LogP contribution < -0.4 is 5.32 Å². The van der Waals surface area contributed by atoms with Crippen LogP contribution in [-0.2, 0) is 5.11 Å². The Morgan fingerprint density at radius 1 is 1.38 bits per heavy atom. The van der Waals surface area contributed by atoms with Crippen molar-refractivity contribution in [2.75, 3.05) is 19.7 Å². The lowest BCUT2D eigenvalue weighted by atomic mass is 10.4. The molecular formula is C6H14NO. The lowest BCUT2D eigenvalue weighted by Crippen LogP contribution is -2.16. The summed E-state index contributed by atoms with van der Waals surface area (Å²) in [6, 6.07) is 0. The number of hydrogen-bond acceptors (Lipinski definition) is 1. The third-order valence-corrected chi connectivity index (χ3v) is 0.925. The Morgan fingerprint density at radius 2 is 2.12 bits per heavy atom. The molecule has 0 aromatic carbocycles. The van der Waals surface area contributed by atoms with Crippen LogP contribution >= 0.6 is 0 Å². The van der Waals surface area contributed by atoms with Crippen molar-refractivity contribution in [2.24, 2.45) is 0 Å². The quantitative estimate of drug-likeness (QED) is 0.529. The van der Waals surface area contributed by atoms with E-state index in [1.54, 1.807) is 0 Å². The van der Waals surface area contributed by atoms with Crippen molar-refractivity contribution >= 4 is 0 Å². The van der Waals surface area contributed by atoms with E-state index in [-0.39, 0.29) is 6.61 Å². The molecule has 0 aliphatic rings. The molecule has 1 radical (unpaired) electrons. The van der Waals surface area contributed by atoms with Gasteiger partial charge in [-0.2, -0.15) is 0 Å². The maximum Gasteiger partial charge on any atom is 0.0834 e. The fourth-order valence-electron chi connectivity index (χ4n) is 0.499. The van der Waals surface area contributed by atoms with Crippen LogP contribution in [0.5, 0.6) is 0 Å². The van der Waals surface area contributed by atoms with Crippen molar-refractivity contribution in [1.82, 2.24) is 5.32 Å². The van der Waals surface area contributed by atoms with Gasteiger partial charge in [-0.05, 0) is 25.9 Å². The summed E-state index contributed by atoms with van der Waals surface area (Å²) in [5.41, 5.74) is 0. The van der Waals surface area contributed by atoms with Crippen LogP contribution in [0.3, 0.4) is 0 Å². The largest absolute Gasteiger partial charge is 0.317 e. The van der Waals surface area contributed by atoms with Crippen molar-refractivity contribution in [2.45, 2.75) is 19.8 Å². The average Bonchev–Trinajstić information content (AvgIpc) is 1.81. The van der Waals surface area contributed by atoms with Crippen LogP contribution in [0.2, 0.25) is 0 Å². The normalized spacial score (nSPS) is 9.75. The van der Waals surface area contributed by atoms with Crippen molar-refractivity contribution in [3.8, 4) is 0 Å². The van der Waals surface area contributed by atoms with E-state index < -0.39 is 0 Å². The number of rotatable bonds is 5. The molecule has 0 saturated heterocycles. The van der Waals surface area contributed by atoms with Gasteiger partial charge in [0.25, 0.3) is 0 Å². The smallest absolute Gasteiger partial charge is 0.0834 e. The maximum atomic E-state index is 9.85. The highest BCUT2D eigenvalue weighted by Crippen LogP contribution is 1.73. The van der Waals surface area contributed by atoms with Crippen LogP contribution in [0.15, 0.2) is 0 Å². The fourth-order valence-corrected chi connectivity index (χ4v) is 0.499. The second kappa shape index (κ2) is 6.92. The lowest BCUT2D eigenvalue weighted by Gasteiger charge is -1.97. The van der Waals surface area contributed by atoms with Crippen LogP contribution in [0.25, 0.3) is 0 Å². The van der Waals surface area contributed by atoms with E-state index in [4.69, 9.17) is 0 Å². The first-order chi connectivity index (χ1) is 3.91. The summed E-state index contributed by atoms with van der Waals surface area (Å²) >= 11 is 0.